The van der Waals surface area contributed by atoms with E-state index in [0.717, 1.165) is 4.48 Å². The molecule has 0 spiro atoms. The van der Waals surface area contributed by atoms with Crippen LogP contribution >= 0.6 is 0 Å². The van der Waals surface area contributed by atoms with Crippen molar-refractivity contribution in [1.82, 2.24) is 0 Å². The molecule has 1 saturated carbocycles. The molecule has 0 aliphatic heterocycles. The van der Waals surface area contributed by atoms with E-state index in [0.29, 0.717) is 12.1 Å². The zero-order valence-electron chi connectivity index (χ0n) is 8.01. The molecule has 0 aromatic rings. The molecular weight excluding hydrogens is 136 g/mol. The third-order valence-electron chi connectivity index (χ3n) is 2.78. The lowest BCUT2D eigenvalue weighted by molar-refractivity contribution is -0.898. The predicted molar refractivity (Wildman–Crippen MR) is 48.3 cm³/mol. The van der Waals surface area contributed by atoms with Crippen molar-refractivity contribution >= 4 is 0 Å². The van der Waals surface area contributed by atoms with Gasteiger partial charge in [0.15, 0.2) is 0 Å². The maximum atomic E-state index is 6.05. The summed E-state index contributed by atoms with van der Waals surface area (Å²) >= 11 is 0. The molecule has 66 valence electrons. The number of hydrogen-bond donors (Lipinski definition) is 1. The average molecular weight is 157 g/mol. The lowest BCUT2D eigenvalue weighted by Gasteiger charge is -2.40. The van der Waals surface area contributed by atoms with Crippen molar-refractivity contribution in [1.29, 1.82) is 0 Å². The van der Waals surface area contributed by atoms with Crippen molar-refractivity contribution in [3.05, 3.63) is 0 Å². The van der Waals surface area contributed by atoms with Crippen LogP contribution in [0.1, 0.15) is 25.7 Å². The van der Waals surface area contributed by atoms with Crippen molar-refractivity contribution in [2.75, 3.05) is 21.1 Å². The highest BCUT2D eigenvalue weighted by Gasteiger charge is 2.31. The molecule has 1 rings (SSSR count). The van der Waals surface area contributed by atoms with Gasteiger partial charge in [-0.3, -0.25) is 0 Å². The molecule has 0 aromatic carbocycles. The molecule has 0 saturated heterocycles. The van der Waals surface area contributed by atoms with Gasteiger partial charge in [0.05, 0.1) is 27.2 Å². The van der Waals surface area contributed by atoms with Gasteiger partial charge < -0.3 is 10.2 Å². The second-order valence-electron chi connectivity index (χ2n) is 4.63. The van der Waals surface area contributed by atoms with E-state index in [1.165, 1.54) is 25.7 Å². The molecule has 1 fully saturated rings. The minimum atomic E-state index is 0.434. The highest BCUT2D eigenvalue weighted by atomic mass is 15.3. The van der Waals surface area contributed by atoms with Gasteiger partial charge in [0.1, 0.15) is 6.04 Å². The maximum Gasteiger partial charge on any atom is 0.104 e. The summed E-state index contributed by atoms with van der Waals surface area (Å²) in [5.74, 6) is 0. The quantitative estimate of drug-likeness (QED) is 0.564. The summed E-state index contributed by atoms with van der Waals surface area (Å²) in [5, 5.41) is 0. The highest BCUT2D eigenvalue weighted by Crippen LogP contribution is 2.23. The van der Waals surface area contributed by atoms with Crippen molar-refractivity contribution in [2.24, 2.45) is 5.73 Å². The van der Waals surface area contributed by atoms with E-state index >= 15 is 0 Å². The number of nitrogens with zero attached hydrogens (tertiary/aromatic N) is 1. The lowest BCUT2D eigenvalue weighted by atomic mass is 9.89. The highest BCUT2D eigenvalue weighted by molar-refractivity contribution is 4.78. The normalized spacial score (nSPS) is 33.8. The number of nitrogens with two attached hydrogens (primary N) is 1. The van der Waals surface area contributed by atoms with Gasteiger partial charge in [-0.2, -0.15) is 0 Å². The van der Waals surface area contributed by atoms with Crippen LogP contribution in [-0.4, -0.2) is 37.7 Å². The predicted octanol–water partition coefficient (Wildman–Crippen LogP) is 0.963. The van der Waals surface area contributed by atoms with Gasteiger partial charge in [-0.05, 0) is 12.8 Å². The summed E-state index contributed by atoms with van der Waals surface area (Å²) in [6.45, 7) is 0. The van der Waals surface area contributed by atoms with E-state index in [4.69, 9.17) is 5.73 Å². The first-order chi connectivity index (χ1) is 5.02. The summed E-state index contributed by atoms with van der Waals surface area (Å²) in [7, 11) is 6.74. The Morgan fingerprint density at radius 2 is 1.64 bits per heavy atom. The standard InChI is InChI=1S/C9H21N2/c1-11(2,3)9-7-5-4-6-8(9)10/h8-9H,4-7,10H2,1-3H3/q+1. The van der Waals surface area contributed by atoms with Crippen LogP contribution < -0.4 is 5.73 Å². The molecule has 2 nitrogen and oxygen atoms in total. The van der Waals surface area contributed by atoms with Crippen molar-refractivity contribution in [2.45, 2.75) is 37.8 Å². The van der Waals surface area contributed by atoms with Gasteiger partial charge in [0.25, 0.3) is 0 Å². The molecule has 0 heterocycles. The van der Waals surface area contributed by atoms with E-state index in [-0.39, 0.29) is 0 Å². The molecule has 2 N–H and O–H groups in total. The SMILES string of the molecule is C[N+](C)(C)C1CCCCC1N. The zero-order chi connectivity index (χ0) is 8.48. The Balaban J connectivity index is 2.55. The largest absolute Gasteiger partial charge is 0.327 e. The third-order valence-corrected chi connectivity index (χ3v) is 2.78. The summed E-state index contributed by atoms with van der Waals surface area (Å²) in [6, 6.07) is 1.12. The summed E-state index contributed by atoms with van der Waals surface area (Å²) < 4.78 is 1.03. The second kappa shape index (κ2) is 3.11. The van der Waals surface area contributed by atoms with Crippen molar-refractivity contribution < 1.29 is 4.48 Å². The molecule has 2 unspecified atom stereocenters. The zero-order valence-corrected chi connectivity index (χ0v) is 8.01. The van der Waals surface area contributed by atoms with Gasteiger partial charge in [-0.15, -0.1) is 0 Å². The Hall–Kier alpha value is -0.0800. The van der Waals surface area contributed by atoms with Crippen molar-refractivity contribution in [3.8, 4) is 0 Å². The minimum Gasteiger partial charge on any atom is -0.327 e. The Bertz CT molecular complexity index is 126. The van der Waals surface area contributed by atoms with Crippen LogP contribution in [0.25, 0.3) is 0 Å². The van der Waals surface area contributed by atoms with Gasteiger partial charge in [-0.25, -0.2) is 0 Å². The van der Waals surface area contributed by atoms with Crippen LogP contribution in [-0.2, 0) is 0 Å². The maximum absolute atomic E-state index is 6.05. The summed E-state index contributed by atoms with van der Waals surface area (Å²) in [4.78, 5) is 0. The van der Waals surface area contributed by atoms with E-state index < -0.39 is 0 Å². The minimum absolute atomic E-state index is 0.434. The molecule has 2 heteroatoms. The average Bonchev–Trinajstić information content (AvgIpc) is 1.86. The van der Waals surface area contributed by atoms with E-state index in [1.54, 1.807) is 0 Å². The van der Waals surface area contributed by atoms with Crippen molar-refractivity contribution in [3.63, 3.8) is 0 Å². The topological polar surface area (TPSA) is 26.0 Å². The first-order valence-corrected chi connectivity index (χ1v) is 4.58. The molecule has 0 bridgehead atoms. The van der Waals surface area contributed by atoms with Crippen LogP contribution in [0.5, 0.6) is 0 Å². The summed E-state index contributed by atoms with van der Waals surface area (Å²) in [6.07, 6.45) is 5.23. The van der Waals surface area contributed by atoms with Gasteiger partial charge >= 0.3 is 0 Å². The molecule has 0 radical (unpaired) electrons. The fraction of sp³-hybridized carbons (Fsp3) is 1.00. The Morgan fingerprint density at radius 1 is 1.09 bits per heavy atom. The number of rotatable bonds is 1. The summed E-state index contributed by atoms with van der Waals surface area (Å²) in [5.41, 5.74) is 6.05. The first kappa shape index (κ1) is 9.01. The smallest absolute Gasteiger partial charge is 0.104 e. The van der Waals surface area contributed by atoms with Crippen LogP contribution in [0, 0.1) is 0 Å². The molecular formula is C9H21N2+. The third kappa shape index (κ3) is 2.17. The first-order valence-electron chi connectivity index (χ1n) is 4.58. The number of quaternary nitrogens is 1. The van der Waals surface area contributed by atoms with Crippen LogP contribution in [0.4, 0.5) is 0 Å². The van der Waals surface area contributed by atoms with Crippen LogP contribution in [0.3, 0.4) is 0 Å². The molecule has 0 amide bonds. The molecule has 0 aromatic heterocycles. The fourth-order valence-electron chi connectivity index (χ4n) is 2.10. The molecule has 11 heavy (non-hydrogen) atoms. The van der Waals surface area contributed by atoms with E-state index in [9.17, 15) is 0 Å². The fourth-order valence-corrected chi connectivity index (χ4v) is 2.10. The Morgan fingerprint density at radius 3 is 2.00 bits per heavy atom. The lowest BCUT2D eigenvalue weighted by Crippen LogP contribution is -2.55. The Labute approximate surface area is 70.0 Å². The number of hydrogen-bond acceptors (Lipinski definition) is 1. The van der Waals surface area contributed by atoms with E-state index in [1.807, 2.05) is 0 Å². The second-order valence-corrected chi connectivity index (χ2v) is 4.63. The molecule has 2 atom stereocenters. The Kier molecular flexibility index (Phi) is 2.55. The van der Waals surface area contributed by atoms with E-state index in [2.05, 4.69) is 21.1 Å². The van der Waals surface area contributed by atoms with Crippen LogP contribution in [0.2, 0.25) is 0 Å². The number of likely N-dealkylation sites (N-methyl/N-ethyl adjacent to an activating group) is 1. The van der Waals surface area contributed by atoms with Crippen LogP contribution in [0.15, 0.2) is 0 Å². The van der Waals surface area contributed by atoms with Gasteiger partial charge in [-0.1, -0.05) is 6.42 Å². The van der Waals surface area contributed by atoms with Gasteiger partial charge in [0.2, 0.25) is 0 Å². The molecule has 1 aliphatic carbocycles. The molecule has 1 aliphatic rings. The van der Waals surface area contributed by atoms with Gasteiger partial charge in [0, 0.05) is 6.42 Å². The monoisotopic (exact) mass is 157 g/mol.